The fraction of sp³-hybridized carbons (Fsp3) is 0.350. The summed E-state index contributed by atoms with van der Waals surface area (Å²) in [7, 11) is 3.33. The van der Waals surface area contributed by atoms with Crippen LogP contribution in [0, 0.1) is 0 Å². The van der Waals surface area contributed by atoms with Crippen LogP contribution in [0.1, 0.15) is 15.9 Å². The molecule has 26 heavy (non-hydrogen) atoms. The van der Waals surface area contributed by atoms with E-state index in [1.165, 1.54) is 0 Å². The molecule has 0 radical (unpaired) electrons. The van der Waals surface area contributed by atoms with Gasteiger partial charge in [-0.25, -0.2) is 0 Å². The van der Waals surface area contributed by atoms with Gasteiger partial charge in [0.2, 0.25) is 0 Å². The highest BCUT2D eigenvalue weighted by Gasteiger charge is 2.23. The van der Waals surface area contributed by atoms with Crippen LogP contribution >= 0.6 is 0 Å². The molecule has 6 nitrogen and oxygen atoms in total. The zero-order valence-corrected chi connectivity index (χ0v) is 15.3. The molecule has 0 aromatic heterocycles. The molecule has 1 aliphatic heterocycles. The van der Waals surface area contributed by atoms with Crippen molar-refractivity contribution in [2.24, 2.45) is 0 Å². The molecule has 6 heteroatoms. The van der Waals surface area contributed by atoms with Crippen molar-refractivity contribution in [1.29, 1.82) is 0 Å². The van der Waals surface area contributed by atoms with Crippen LogP contribution in [-0.2, 0) is 6.54 Å². The lowest BCUT2D eigenvalue weighted by molar-refractivity contribution is 0.0628. The number of nitrogens with two attached hydrogens (primary N) is 1. The standard InChI is InChI=1S/C20H25N3O3/c1-25-16-7-8-19(26-2)15(13-16)14-22-9-11-23(12-10-22)20(24)17-5-3-4-6-18(17)21/h3-8,13H,9-12,14,21H2,1-2H3. The van der Waals surface area contributed by atoms with E-state index in [0.29, 0.717) is 24.3 Å². The van der Waals surface area contributed by atoms with Gasteiger partial charge in [0.15, 0.2) is 0 Å². The van der Waals surface area contributed by atoms with E-state index in [0.717, 1.165) is 36.7 Å². The molecule has 1 amide bonds. The summed E-state index contributed by atoms with van der Waals surface area (Å²) < 4.78 is 10.8. The summed E-state index contributed by atoms with van der Waals surface area (Å²) in [6.07, 6.45) is 0. The predicted octanol–water partition coefficient (Wildman–Crippen LogP) is 2.24. The first-order valence-electron chi connectivity index (χ1n) is 8.69. The Bertz CT molecular complexity index is 771. The van der Waals surface area contributed by atoms with Crippen LogP contribution in [0.5, 0.6) is 11.5 Å². The first-order chi connectivity index (χ1) is 12.6. The van der Waals surface area contributed by atoms with Crippen molar-refractivity contribution in [2.75, 3.05) is 46.1 Å². The van der Waals surface area contributed by atoms with E-state index in [1.54, 1.807) is 26.4 Å². The maximum absolute atomic E-state index is 12.7. The first-order valence-corrected chi connectivity index (χ1v) is 8.69. The Morgan fingerprint density at radius 1 is 1.04 bits per heavy atom. The SMILES string of the molecule is COc1ccc(OC)c(CN2CCN(C(=O)c3ccccc3N)CC2)c1. The summed E-state index contributed by atoms with van der Waals surface area (Å²) >= 11 is 0. The number of para-hydroxylation sites is 1. The predicted molar refractivity (Wildman–Crippen MR) is 102 cm³/mol. The summed E-state index contributed by atoms with van der Waals surface area (Å²) in [4.78, 5) is 16.8. The highest BCUT2D eigenvalue weighted by atomic mass is 16.5. The highest BCUT2D eigenvalue weighted by Crippen LogP contribution is 2.26. The van der Waals surface area contributed by atoms with Crippen LogP contribution in [0.15, 0.2) is 42.5 Å². The Morgan fingerprint density at radius 2 is 1.77 bits per heavy atom. The van der Waals surface area contributed by atoms with Gasteiger partial charge in [-0.3, -0.25) is 9.69 Å². The van der Waals surface area contributed by atoms with E-state index < -0.39 is 0 Å². The third kappa shape index (κ3) is 3.91. The number of hydrogen-bond acceptors (Lipinski definition) is 5. The molecule has 2 aromatic rings. The number of piperazine rings is 1. The average molecular weight is 355 g/mol. The number of carbonyl (C=O) groups excluding carboxylic acids is 1. The van der Waals surface area contributed by atoms with E-state index >= 15 is 0 Å². The summed E-state index contributed by atoms with van der Waals surface area (Å²) in [6.45, 7) is 3.73. The number of hydrogen-bond donors (Lipinski definition) is 1. The van der Waals surface area contributed by atoms with Gasteiger partial charge in [-0.15, -0.1) is 0 Å². The summed E-state index contributed by atoms with van der Waals surface area (Å²) in [5.41, 5.74) is 8.12. The maximum atomic E-state index is 12.7. The number of anilines is 1. The summed E-state index contributed by atoms with van der Waals surface area (Å²) in [5.74, 6) is 1.66. The molecule has 138 valence electrons. The molecular formula is C20H25N3O3. The monoisotopic (exact) mass is 355 g/mol. The third-order valence-electron chi connectivity index (χ3n) is 4.73. The smallest absolute Gasteiger partial charge is 0.256 e. The van der Waals surface area contributed by atoms with Crippen molar-refractivity contribution in [1.82, 2.24) is 9.80 Å². The molecule has 1 fully saturated rings. The van der Waals surface area contributed by atoms with Gasteiger partial charge < -0.3 is 20.1 Å². The summed E-state index contributed by atoms with van der Waals surface area (Å²) in [5, 5.41) is 0. The zero-order chi connectivity index (χ0) is 18.5. The molecule has 0 spiro atoms. The van der Waals surface area contributed by atoms with E-state index in [9.17, 15) is 4.79 Å². The van der Waals surface area contributed by atoms with Crippen molar-refractivity contribution in [2.45, 2.75) is 6.54 Å². The molecule has 1 aliphatic rings. The molecular weight excluding hydrogens is 330 g/mol. The third-order valence-corrected chi connectivity index (χ3v) is 4.73. The molecule has 0 aliphatic carbocycles. The molecule has 0 atom stereocenters. The second-order valence-electron chi connectivity index (χ2n) is 6.33. The molecule has 0 bridgehead atoms. The first kappa shape index (κ1) is 18.1. The Morgan fingerprint density at radius 3 is 2.42 bits per heavy atom. The second kappa shape index (κ2) is 8.10. The average Bonchev–Trinajstić information content (AvgIpc) is 2.68. The number of amides is 1. The lowest BCUT2D eigenvalue weighted by Gasteiger charge is -2.35. The van der Waals surface area contributed by atoms with Crippen molar-refractivity contribution in [3.8, 4) is 11.5 Å². The molecule has 3 rings (SSSR count). The Kier molecular flexibility index (Phi) is 5.63. The number of carbonyl (C=O) groups is 1. The summed E-state index contributed by atoms with van der Waals surface area (Å²) in [6, 6.07) is 13.0. The van der Waals surface area contributed by atoms with Crippen LogP contribution in [0.25, 0.3) is 0 Å². The van der Waals surface area contributed by atoms with Gasteiger partial charge in [-0.1, -0.05) is 12.1 Å². The van der Waals surface area contributed by atoms with Gasteiger partial charge in [0.25, 0.3) is 5.91 Å². The molecule has 0 unspecified atom stereocenters. The van der Waals surface area contributed by atoms with Crippen molar-refractivity contribution < 1.29 is 14.3 Å². The topological polar surface area (TPSA) is 68.0 Å². The fourth-order valence-corrected chi connectivity index (χ4v) is 3.22. The Labute approximate surface area is 154 Å². The zero-order valence-electron chi connectivity index (χ0n) is 15.3. The van der Waals surface area contributed by atoms with E-state index in [1.807, 2.05) is 35.2 Å². The Hall–Kier alpha value is -2.73. The van der Waals surface area contributed by atoms with Crippen LogP contribution in [0.4, 0.5) is 5.69 Å². The maximum Gasteiger partial charge on any atom is 0.256 e. The Balaban J connectivity index is 1.62. The highest BCUT2D eigenvalue weighted by molar-refractivity contribution is 5.99. The minimum absolute atomic E-state index is 0.00158. The minimum Gasteiger partial charge on any atom is -0.497 e. The number of rotatable bonds is 5. The molecule has 1 heterocycles. The van der Waals surface area contributed by atoms with Gasteiger partial charge >= 0.3 is 0 Å². The quantitative estimate of drug-likeness (QED) is 0.833. The van der Waals surface area contributed by atoms with Crippen LogP contribution in [0.3, 0.4) is 0 Å². The van der Waals surface area contributed by atoms with Gasteiger partial charge in [0, 0.05) is 44.0 Å². The normalized spacial score (nSPS) is 14.9. The van der Waals surface area contributed by atoms with E-state index in [-0.39, 0.29) is 5.91 Å². The van der Waals surface area contributed by atoms with Crippen molar-refractivity contribution in [3.05, 3.63) is 53.6 Å². The van der Waals surface area contributed by atoms with Crippen molar-refractivity contribution >= 4 is 11.6 Å². The van der Waals surface area contributed by atoms with E-state index in [4.69, 9.17) is 15.2 Å². The van der Waals surface area contributed by atoms with Crippen LogP contribution < -0.4 is 15.2 Å². The van der Waals surface area contributed by atoms with Crippen LogP contribution in [-0.4, -0.2) is 56.1 Å². The number of methoxy groups -OCH3 is 2. The lowest BCUT2D eigenvalue weighted by atomic mass is 10.1. The van der Waals surface area contributed by atoms with Gasteiger partial charge in [-0.05, 0) is 30.3 Å². The number of nitrogen functional groups attached to an aromatic ring is 1. The second-order valence-corrected chi connectivity index (χ2v) is 6.33. The van der Waals surface area contributed by atoms with E-state index in [2.05, 4.69) is 4.90 Å². The van der Waals surface area contributed by atoms with Crippen molar-refractivity contribution in [3.63, 3.8) is 0 Å². The van der Waals surface area contributed by atoms with Gasteiger partial charge in [0.05, 0.1) is 19.8 Å². The number of nitrogens with zero attached hydrogens (tertiary/aromatic N) is 2. The van der Waals surface area contributed by atoms with Gasteiger partial charge in [0.1, 0.15) is 11.5 Å². The van der Waals surface area contributed by atoms with Crippen LogP contribution in [0.2, 0.25) is 0 Å². The molecule has 1 saturated heterocycles. The number of ether oxygens (including phenoxy) is 2. The number of benzene rings is 2. The largest absolute Gasteiger partial charge is 0.497 e. The lowest BCUT2D eigenvalue weighted by Crippen LogP contribution is -2.48. The molecule has 2 N–H and O–H groups in total. The minimum atomic E-state index is 0.00158. The molecule has 2 aromatic carbocycles. The van der Waals surface area contributed by atoms with Gasteiger partial charge in [-0.2, -0.15) is 0 Å². The molecule has 0 saturated carbocycles. The fourth-order valence-electron chi connectivity index (χ4n) is 3.22.